The van der Waals surface area contributed by atoms with Crippen molar-refractivity contribution < 1.29 is 19.4 Å². The van der Waals surface area contributed by atoms with E-state index < -0.39 is 5.97 Å². The van der Waals surface area contributed by atoms with Crippen LogP contribution in [0.15, 0.2) is 84.9 Å². The van der Waals surface area contributed by atoms with Crippen molar-refractivity contribution in [3.8, 4) is 5.69 Å². The molecule has 1 N–H and O–H groups in total. The standard InChI is InChI=1S/C27H28N4O4/c1-18-13-14-22(20(3)35-25(19(2)27(33)34)21-9-5-4-6-10-21)17-30(18)26(32)23-11-7-8-12-24(23)31-28-15-16-29-31/h4-12,15-16,18,22H,3,13-14,17H2,1-2H3,(H,33,34)/b25-19+/t18-,22?/m1/s1. The SMILES string of the molecule is C=C(O/C(=C(\C)C(=O)O)c1ccccc1)C1CC[C@@H](C)N(C(=O)c2ccccc2-n2nccn2)C1. The quantitative estimate of drug-likeness (QED) is 0.400. The predicted octanol–water partition coefficient (Wildman–Crippen LogP) is 4.55. The number of aliphatic carboxylic acids is 1. The molecule has 8 heteroatoms. The average Bonchev–Trinajstić information content (AvgIpc) is 3.42. The van der Waals surface area contributed by atoms with E-state index in [0.717, 1.165) is 12.8 Å². The van der Waals surface area contributed by atoms with E-state index >= 15 is 0 Å². The van der Waals surface area contributed by atoms with Gasteiger partial charge in [-0.3, -0.25) is 4.79 Å². The molecular weight excluding hydrogens is 444 g/mol. The Morgan fingerprint density at radius 2 is 1.69 bits per heavy atom. The van der Waals surface area contributed by atoms with Gasteiger partial charge < -0.3 is 14.7 Å². The summed E-state index contributed by atoms with van der Waals surface area (Å²) >= 11 is 0. The van der Waals surface area contributed by atoms with E-state index in [1.807, 2.05) is 48.2 Å². The number of hydrogen-bond donors (Lipinski definition) is 1. The number of benzene rings is 2. The molecule has 180 valence electrons. The van der Waals surface area contributed by atoms with Gasteiger partial charge in [0, 0.05) is 24.1 Å². The zero-order valence-corrected chi connectivity index (χ0v) is 19.8. The predicted molar refractivity (Wildman–Crippen MR) is 131 cm³/mol. The molecule has 1 unspecified atom stereocenters. The van der Waals surface area contributed by atoms with Crippen molar-refractivity contribution in [3.63, 3.8) is 0 Å². The van der Waals surface area contributed by atoms with Gasteiger partial charge in [0.25, 0.3) is 5.91 Å². The Balaban J connectivity index is 1.57. The van der Waals surface area contributed by atoms with Gasteiger partial charge in [-0.1, -0.05) is 49.0 Å². The van der Waals surface area contributed by atoms with Crippen molar-refractivity contribution in [2.24, 2.45) is 5.92 Å². The number of carboxylic acids is 1. The Morgan fingerprint density at radius 3 is 2.37 bits per heavy atom. The molecule has 0 radical (unpaired) electrons. The van der Waals surface area contributed by atoms with Crippen LogP contribution in [-0.2, 0) is 9.53 Å². The third kappa shape index (κ3) is 5.16. The Morgan fingerprint density at radius 1 is 1.03 bits per heavy atom. The van der Waals surface area contributed by atoms with Crippen LogP contribution >= 0.6 is 0 Å². The van der Waals surface area contributed by atoms with E-state index in [9.17, 15) is 14.7 Å². The highest BCUT2D eigenvalue weighted by molar-refractivity contribution is 5.98. The molecule has 0 bridgehead atoms. The van der Waals surface area contributed by atoms with Gasteiger partial charge in [-0.15, -0.1) is 0 Å². The van der Waals surface area contributed by atoms with Gasteiger partial charge in [-0.05, 0) is 38.8 Å². The maximum absolute atomic E-state index is 13.6. The highest BCUT2D eigenvalue weighted by Crippen LogP contribution is 2.33. The molecule has 3 aromatic rings. The number of amides is 1. The summed E-state index contributed by atoms with van der Waals surface area (Å²) in [6.07, 6.45) is 4.68. The highest BCUT2D eigenvalue weighted by Gasteiger charge is 2.33. The average molecular weight is 473 g/mol. The monoisotopic (exact) mass is 472 g/mol. The second kappa shape index (κ2) is 10.4. The first-order chi connectivity index (χ1) is 16.9. The molecule has 1 saturated heterocycles. The molecule has 1 aliphatic rings. The molecule has 0 spiro atoms. The van der Waals surface area contributed by atoms with Crippen LogP contribution in [0.2, 0.25) is 0 Å². The fraction of sp³-hybridized carbons (Fsp3) is 0.259. The molecule has 1 aromatic heterocycles. The second-order valence-electron chi connectivity index (χ2n) is 8.61. The third-order valence-corrected chi connectivity index (χ3v) is 6.30. The number of hydrogen-bond acceptors (Lipinski definition) is 5. The van der Waals surface area contributed by atoms with E-state index in [-0.39, 0.29) is 29.2 Å². The Labute approximate surface area is 204 Å². The summed E-state index contributed by atoms with van der Waals surface area (Å²) in [4.78, 5) is 28.6. The van der Waals surface area contributed by atoms with Crippen LogP contribution < -0.4 is 0 Å². The number of carbonyl (C=O) groups is 2. The minimum absolute atomic E-state index is 0.0232. The molecule has 2 heterocycles. The summed E-state index contributed by atoms with van der Waals surface area (Å²) < 4.78 is 6.09. The summed E-state index contributed by atoms with van der Waals surface area (Å²) in [6, 6.07) is 16.4. The zero-order chi connectivity index (χ0) is 24.9. The third-order valence-electron chi connectivity index (χ3n) is 6.30. The number of carbonyl (C=O) groups excluding carboxylic acids is 1. The van der Waals surface area contributed by atoms with Crippen molar-refractivity contribution >= 4 is 17.6 Å². The van der Waals surface area contributed by atoms with E-state index in [4.69, 9.17) is 4.74 Å². The number of rotatable bonds is 7. The van der Waals surface area contributed by atoms with E-state index in [2.05, 4.69) is 16.8 Å². The molecule has 1 amide bonds. The number of likely N-dealkylation sites (tertiary alicyclic amines) is 1. The summed E-state index contributed by atoms with van der Waals surface area (Å²) in [5.41, 5.74) is 1.87. The minimum atomic E-state index is -1.06. The maximum Gasteiger partial charge on any atom is 0.335 e. The number of para-hydroxylation sites is 1. The molecule has 2 atom stereocenters. The van der Waals surface area contributed by atoms with E-state index in [1.54, 1.807) is 30.6 Å². The fourth-order valence-electron chi connectivity index (χ4n) is 4.23. The molecule has 0 saturated carbocycles. The molecule has 0 aliphatic carbocycles. The number of piperidine rings is 1. The summed E-state index contributed by atoms with van der Waals surface area (Å²) in [7, 11) is 0. The summed E-state index contributed by atoms with van der Waals surface area (Å²) in [6.45, 7) is 8.07. The van der Waals surface area contributed by atoms with Gasteiger partial charge in [0.2, 0.25) is 0 Å². The molecule has 1 aliphatic heterocycles. The van der Waals surface area contributed by atoms with Gasteiger partial charge in [0.15, 0.2) is 0 Å². The highest BCUT2D eigenvalue weighted by atomic mass is 16.5. The molecule has 2 aromatic carbocycles. The molecule has 35 heavy (non-hydrogen) atoms. The molecule has 8 nitrogen and oxygen atoms in total. The summed E-state index contributed by atoms with van der Waals surface area (Å²) in [5, 5.41) is 17.9. The molecule has 4 rings (SSSR count). The number of ether oxygens (including phenoxy) is 1. The first-order valence-electron chi connectivity index (χ1n) is 11.5. The van der Waals surface area contributed by atoms with Crippen molar-refractivity contribution in [2.45, 2.75) is 32.7 Å². The second-order valence-corrected chi connectivity index (χ2v) is 8.61. The van der Waals surface area contributed by atoms with Gasteiger partial charge in [-0.25, -0.2) is 4.79 Å². The lowest BCUT2D eigenvalue weighted by Gasteiger charge is -2.38. The van der Waals surface area contributed by atoms with Crippen molar-refractivity contribution in [2.75, 3.05) is 6.54 Å². The van der Waals surface area contributed by atoms with Gasteiger partial charge >= 0.3 is 5.97 Å². The van der Waals surface area contributed by atoms with Crippen LogP contribution in [-0.4, -0.2) is 49.5 Å². The number of nitrogens with zero attached hydrogens (tertiary/aromatic N) is 4. The van der Waals surface area contributed by atoms with Crippen molar-refractivity contribution in [1.82, 2.24) is 19.9 Å². The number of carboxylic acid groups (broad SMARTS) is 1. The summed E-state index contributed by atoms with van der Waals surface area (Å²) in [5.74, 6) is -0.630. The molecular formula is C27H28N4O4. The van der Waals surface area contributed by atoms with E-state index in [0.29, 0.717) is 29.1 Å². The maximum atomic E-state index is 13.6. The fourth-order valence-corrected chi connectivity index (χ4v) is 4.23. The smallest absolute Gasteiger partial charge is 0.335 e. The number of aromatic nitrogens is 3. The van der Waals surface area contributed by atoms with Gasteiger partial charge in [0.1, 0.15) is 11.5 Å². The van der Waals surface area contributed by atoms with Crippen LogP contribution in [0.5, 0.6) is 0 Å². The first-order valence-corrected chi connectivity index (χ1v) is 11.5. The van der Waals surface area contributed by atoms with Crippen LogP contribution in [0.3, 0.4) is 0 Å². The van der Waals surface area contributed by atoms with Crippen LogP contribution in [0.25, 0.3) is 11.4 Å². The first kappa shape index (κ1) is 23.9. The van der Waals surface area contributed by atoms with Gasteiger partial charge in [0.05, 0.1) is 29.2 Å². The largest absolute Gasteiger partial charge is 0.478 e. The Kier molecular flexibility index (Phi) is 7.10. The van der Waals surface area contributed by atoms with Gasteiger partial charge in [-0.2, -0.15) is 15.0 Å². The lowest BCUT2D eigenvalue weighted by atomic mass is 9.91. The van der Waals surface area contributed by atoms with Crippen LogP contribution in [0.1, 0.15) is 42.6 Å². The normalized spacial score (nSPS) is 18.5. The Hall–Kier alpha value is -4.20. The topological polar surface area (TPSA) is 97.6 Å². The van der Waals surface area contributed by atoms with Crippen LogP contribution in [0.4, 0.5) is 0 Å². The zero-order valence-electron chi connectivity index (χ0n) is 19.8. The van der Waals surface area contributed by atoms with Crippen LogP contribution in [0, 0.1) is 5.92 Å². The minimum Gasteiger partial charge on any atom is -0.478 e. The van der Waals surface area contributed by atoms with E-state index in [1.165, 1.54) is 11.7 Å². The lowest BCUT2D eigenvalue weighted by Crippen LogP contribution is -2.46. The molecule has 1 fully saturated rings. The van der Waals surface area contributed by atoms with Crippen molar-refractivity contribution in [3.05, 3.63) is 96.0 Å². The lowest BCUT2D eigenvalue weighted by molar-refractivity contribution is -0.132. The van der Waals surface area contributed by atoms with Crippen molar-refractivity contribution in [1.29, 1.82) is 0 Å². The Bertz CT molecular complexity index is 1250.